The summed E-state index contributed by atoms with van der Waals surface area (Å²) in [5, 5.41) is 0. The molecule has 3 nitrogen and oxygen atoms in total. The van der Waals surface area contributed by atoms with E-state index in [-0.39, 0.29) is 31.2 Å². The zero-order chi connectivity index (χ0) is 18.8. The van der Waals surface area contributed by atoms with Crippen LogP contribution in [0, 0.1) is 26.8 Å². The molecule has 0 amide bonds. The van der Waals surface area contributed by atoms with Crippen molar-refractivity contribution in [2.24, 2.45) is 0 Å². The molecule has 143 valence electrons. The van der Waals surface area contributed by atoms with Crippen LogP contribution in [0.3, 0.4) is 0 Å². The summed E-state index contributed by atoms with van der Waals surface area (Å²) in [7, 11) is 1.75. The molecule has 2 heterocycles. The summed E-state index contributed by atoms with van der Waals surface area (Å²) in [6, 6.07) is 12.4. The number of fused-ring (bicyclic) bond motifs is 3. The third-order valence-corrected chi connectivity index (χ3v) is 6.13. The third-order valence-electron chi connectivity index (χ3n) is 6.13. The third kappa shape index (κ3) is 2.64. The molecule has 1 radical (unpaired) electrons. The van der Waals surface area contributed by atoms with E-state index in [1.54, 1.807) is 7.11 Å². The van der Waals surface area contributed by atoms with E-state index >= 15 is 0 Å². The van der Waals surface area contributed by atoms with Crippen LogP contribution in [0.1, 0.15) is 48.6 Å². The number of hydrogen-bond acceptors (Lipinski definition) is 3. The van der Waals surface area contributed by atoms with Crippen LogP contribution in [0.2, 0.25) is 0 Å². The molecule has 0 saturated carbocycles. The molecular weight excluding hydrogens is 421 g/mol. The van der Waals surface area contributed by atoms with Crippen LogP contribution in [-0.2, 0) is 25.0 Å². The molecule has 0 aliphatic carbocycles. The average Bonchev–Trinajstić information content (AvgIpc) is 3.06. The number of aryl methyl sites for hydroxylation is 1. The molecule has 0 unspecified atom stereocenters. The Hall–Kier alpha value is -1.80. The molecule has 27 heavy (non-hydrogen) atoms. The molecule has 2 aromatic rings. The standard InChI is InChI=1S/C23H27N2O.Ru/c1-14-12-20(16(3)22(26-7)15(14)2)24-13-21-18-10-8-9-11-19(18)23(5,6)25(21)17(24)4;/h8-11,13,17H,1-7H3;/q-1;+1/t17-;/m1./s1. The maximum absolute atomic E-state index is 5.70. The second kappa shape index (κ2) is 6.67. The predicted octanol–water partition coefficient (Wildman–Crippen LogP) is 5.13. The van der Waals surface area contributed by atoms with Crippen molar-refractivity contribution in [1.29, 1.82) is 0 Å². The minimum Gasteiger partial charge on any atom is -0.522 e. The van der Waals surface area contributed by atoms with Gasteiger partial charge in [-0.1, -0.05) is 56.3 Å². The van der Waals surface area contributed by atoms with Crippen molar-refractivity contribution in [3.63, 3.8) is 0 Å². The Morgan fingerprint density at radius 2 is 1.74 bits per heavy atom. The van der Waals surface area contributed by atoms with Gasteiger partial charge < -0.3 is 14.5 Å². The Morgan fingerprint density at radius 1 is 1.07 bits per heavy atom. The number of ether oxygens (including phenoxy) is 1. The number of rotatable bonds is 2. The zero-order valence-electron chi connectivity index (χ0n) is 17.1. The zero-order valence-corrected chi connectivity index (χ0v) is 18.9. The molecule has 0 bridgehead atoms. The number of methoxy groups -OCH3 is 1. The van der Waals surface area contributed by atoms with E-state index in [1.165, 1.54) is 22.4 Å². The van der Waals surface area contributed by atoms with Crippen molar-refractivity contribution in [2.75, 3.05) is 12.0 Å². The van der Waals surface area contributed by atoms with Crippen LogP contribution in [0.15, 0.2) is 30.5 Å². The fraction of sp³-hybridized carbons (Fsp3) is 0.391. The van der Waals surface area contributed by atoms with Gasteiger partial charge in [-0.3, -0.25) is 0 Å². The molecule has 2 aliphatic heterocycles. The summed E-state index contributed by atoms with van der Waals surface area (Å²) in [5.74, 6) is 0.966. The summed E-state index contributed by atoms with van der Waals surface area (Å²) < 4.78 is 5.70. The molecule has 4 rings (SSSR count). The van der Waals surface area contributed by atoms with E-state index in [0.717, 1.165) is 22.6 Å². The van der Waals surface area contributed by atoms with Crippen LogP contribution in [0.4, 0.5) is 5.69 Å². The molecule has 0 spiro atoms. The van der Waals surface area contributed by atoms with E-state index in [4.69, 9.17) is 4.74 Å². The Morgan fingerprint density at radius 3 is 2.41 bits per heavy atom. The Labute approximate surface area is 175 Å². The van der Waals surface area contributed by atoms with Crippen LogP contribution < -0.4 is 9.64 Å². The molecule has 0 aromatic heterocycles. The summed E-state index contributed by atoms with van der Waals surface area (Å²) in [6.07, 6.45) is 2.50. The van der Waals surface area contributed by atoms with Gasteiger partial charge in [0.15, 0.2) is 0 Å². The van der Waals surface area contributed by atoms with Gasteiger partial charge in [-0.2, -0.15) is 11.6 Å². The first-order chi connectivity index (χ1) is 12.3. The minimum absolute atomic E-state index is 0. The maximum atomic E-state index is 5.70. The first-order valence-corrected chi connectivity index (χ1v) is 9.25. The van der Waals surface area contributed by atoms with Crippen molar-refractivity contribution in [3.8, 4) is 5.75 Å². The normalized spacial score (nSPS) is 19.4. The topological polar surface area (TPSA) is 15.7 Å². The second-order valence-electron chi connectivity index (χ2n) is 7.91. The molecule has 4 heteroatoms. The van der Waals surface area contributed by atoms with Gasteiger partial charge in [-0.25, -0.2) is 0 Å². The van der Waals surface area contributed by atoms with Crippen LogP contribution in [-0.4, -0.2) is 18.2 Å². The molecule has 2 aliphatic rings. The van der Waals surface area contributed by atoms with Gasteiger partial charge in [0.05, 0.1) is 18.3 Å². The fourth-order valence-electron chi connectivity index (χ4n) is 4.70. The first-order valence-electron chi connectivity index (χ1n) is 9.25. The molecule has 1 atom stereocenters. The predicted molar refractivity (Wildman–Crippen MR) is 107 cm³/mol. The van der Waals surface area contributed by atoms with Crippen molar-refractivity contribution in [1.82, 2.24) is 4.90 Å². The summed E-state index contributed by atoms with van der Waals surface area (Å²) in [6.45, 7) is 13.2. The largest absolute Gasteiger partial charge is 1.00 e. The van der Waals surface area contributed by atoms with Crippen LogP contribution in [0.5, 0.6) is 5.75 Å². The molecular formula is C23H27N2ORu. The van der Waals surface area contributed by atoms with E-state index in [2.05, 4.69) is 87.9 Å². The minimum atomic E-state index is -0.0334. The Kier molecular flexibility index (Phi) is 4.93. The number of hydrogen-bond donors (Lipinski definition) is 0. The average molecular weight is 449 g/mol. The Bertz CT molecular complexity index is 932. The van der Waals surface area contributed by atoms with E-state index in [1.807, 2.05) is 0 Å². The van der Waals surface area contributed by atoms with Gasteiger partial charge >= 0.3 is 19.5 Å². The van der Waals surface area contributed by atoms with Gasteiger partial charge in [-0.05, 0) is 26.3 Å². The van der Waals surface area contributed by atoms with Gasteiger partial charge in [0.25, 0.3) is 0 Å². The monoisotopic (exact) mass is 449 g/mol. The van der Waals surface area contributed by atoms with Crippen molar-refractivity contribution in [3.05, 3.63) is 64.3 Å². The van der Waals surface area contributed by atoms with Gasteiger partial charge in [0.2, 0.25) is 0 Å². The van der Waals surface area contributed by atoms with Gasteiger partial charge in [0.1, 0.15) is 6.17 Å². The van der Waals surface area contributed by atoms with Crippen molar-refractivity contribution < 1.29 is 24.2 Å². The van der Waals surface area contributed by atoms with Gasteiger partial charge in [-0.15, -0.1) is 5.56 Å². The van der Waals surface area contributed by atoms with Crippen molar-refractivity contribution in [2.45, 2.75) is 53.2 Å². The summed E-state index contributed by atoms with van der Waals surface area (Å²) >= 11 is 0. The van der Waals surface area contributed by atoms with Crippen LogP contribution in [0.25, 0.3) is 5.70 Å². The number of benzene rings is 2. The maximum Gasteiger partial charge on any atom is 1.00 e. The first kappa shape index (κ1) is 20.0. The van der Waals surface area contributed by atoms with Crippen LogP contribution >= 0.6 is 0 Å². The number of anilines is 1. The molecule has 0 saturated heterocycles. The van der Waals surface area contributed by atoms with Gasteiger partial charge in [0, 0.05) is 17.5 Å². The SMILES string of the molecule is COc1c(C)c(C)[c-]c(N2C=C3c4ccccc4C(C)(C)N3[C@@H]2C)c1C.[Ru+]. The quantitative estimate of drug-likeness (QED) is 0.468. The number of nitrogens with zero attached hydrogens (tertiary/aromatic N) is 2. The molecule has 0 N–H and O–H groups in total. The smallest absolute Gasteiger partial charge is 0.522 e. The van der Waals surface area contributed by atoms with E-state index in [0.29, 0.717) is 0 Å². The van der Waals surface area contributed by atoms with E-state index in [9.17, 15) is 0 Å². The summed E-state index contributed by atoms with van der Waals surface area (Å²) in [4.78, 5) is 4.87. The second-order valence-corrected chi connectivity index (χ2v) is 7.91. The Balaban J connectivity index is 0.00000210. The molecule has 2 aromatic carbocycles. The van der Waals surface area contributed by atoms with E-state index < -0.39 is 0 Å². The van der Waals surface area contributed by atoms with Crippen molar-refractivity contribution >= 4 is 11.4 Å². The molecule has 0 fully saturated rings. The fourth-order valence-corrected chi connectivity index (χ4v) is 4.70. The summed E-state index contributed by atoms with van der Waals surface area (Å²) in [5.41, 5.74) is 8.55.